The van der Waals surface area contributed by atoms with E-state index in [0.29, 0.717) is 12.5 Å². The van der Waals surface area contributed by atoms with E-state index in [1.54, 1.807) is 0 Å². The van der Waals surface area contributed by atoms with Crippen molar-refractivity contribution in [2.24, 2.45) is 0 Å². The van der Waals surface area contributed by atoms with Crippen molar-refractivity contribution in [2.75, 3.05) is 20.0 Å². The lowest BCUT2D eigenvalue weighted by Gasteiger charge is -2.19. The number of rotatable bonds is 23. The van der Waals surface area contributed by atoms with E-state index in [0.717, 1.165) is 51.5 Å². The summed E-state index contributed by atoms with van der Waals surface area (Å²) in [6, 6.07) is 6.19. The Kier molecular flexibility index (Phi) is 21.5. The molecule has 2 rings (SSSR count). The number of amides is 1. The number of hydrogen-bond acceptors (Lipinski definition) is 7. The molecule has 1 atom stereocenters. The Hall–Kier alpha value is -4.93. The van der Waals surface area contributed by atoms with Gasteiger partial charge in [0, 0.05) is 25.0 Å². The maximum absolute atomic E-state index is 14.5. The number of halogens is 2. The van der Waals surface area contributed by atoms with E-state index in [-0.39, 0.29) is 42.1 Å². The third kappa shape index (κ3) is 18.6. The third-order valence-electron chi connectivity index (χ3n) is 7.02. The number of nitrogens with one attached hydrogen (secondary N) is 1. The lowest BCUT2D eigenvalue weighted by atomic mass is 10.0. The zero-order chi connectivity index (χ0) is 37.1. The molecular formula is C41H49F2NO7. The van der Waals surface area contributed by atoms with Crippen molar-refractivity contribution in [2.45, 2.75) is 71.3 Å². The number of esters is 2. The van der Waals surface area contributed by atoms with E-state index in [2.05, 4.69) is 73.0 Å². The fraction of sp³-hybridized carbons (Fsp3) is 0.341. The van der Waals surface area contributed by atoms with Crippen LogP contribution in [0.1, 0.15) is 75.6 Å². The Morgan fingerprint density at radius 1 is 0.784 bits per heavy atom. The van der Waals surface area contributed by atoms with E-state index in [1.165, 1.54) is 24.3 Å². The summed E-state index contributed by atoms with van der Waals surface area (Å²) < 4.78 is 43.5. The van der Waals surface area contributed by atoms with Crippen LogP contribution in [0.4, 0.5) is 8.78 Å². The van der Waals surface area contributed by atoms with Gasteiger partial charge in [-0.3, -0.25) is 14.4 Å². The quantitative estimate of drug-likeness (QED) is 0.0515. The average molecular weight is 706 g/mol. The highest BCUT2D eigenvalue weighted by Crippen LogP contribution is 2.29. The first-order chi connectivity index (χ1) is 24.7. The predicted octanol–water partition coefficient (Wildman–Crippen LogP) is 8.64. The standard InChI is InChI=1S/C41H49F2NO7/c1-3-4-5-6-7-8-9-10-11-12-13-14-15-16-17-18-19-20-21-22-40(47)50-30-35(29-49-31-45)44-41(48)37-27-33(23-26-39(37)51-32(2)46)36-25-24-34(42)28-38(36)43/h4-5,7-8,10-11,13-14,16-17,19-20,23-28,35,45H,3,6,9,12,15,18,21-22,29-31H2,1-2H3,(H,44,48)/b5-4-,8-7-,11-10-,14-13-,17-16-,20-19-. The molecule has 0 aliphatic rings. The highest BCUT2D eigenvalue weighted by Gasteiger charge is 2.21. The van der Waals surface area contributed by atoms with Gasteiger partial charge in [0.25, 0.3) is 5.91 Å². The molecule has 8 nitrogen and oxygen atoms in total. The molecule has 0 bridgehead atoms. The van der Waals surface area contributed by atoms with Gasteiger partial charge >= 0.3 is 11.9 Å². The van der Waals surface area contributed by atoms with Gasteiger partial charge in [-0.15, -0.1) is 0 Å². The van der Waals surface area contributed by atoms with E-state index < -0.39 is 42.3 Å². The van der Waals surface area contributed by atoms with Crippen LogP contribution in [-0.2, 0) is 19.1 Å². The van der Waals surface area contributed by atoms with Crippen LogP contribution < -0.4 is 10.1 Å². The summed E-state index contributed by atoms with van der Waals surface area (Å²) in [5, 5.41) is 11.8. The normalized spacial score (nSPS) is 12.6. The fourth-order valence-electron chi connectivity index (χ4n) is 4.54. The summed E-state index contributed by atoms with van der Waals surface area (Å²) in [6.45, 7) is 2.19. The minimum absolute atomic E-state index is 0.0285. The molecule has 2 aromatic carbocycles. The molecule has 10 heteroatoms. The Bertz CT molecular complexity index is 1560. The van der Waals surface area contributed by atoms with Crippen molar-refractivity contribution < 1.29 is 42.5 Å². The first-order valence-electron chi connectivity index (χ1n) is 17.1. The second-order valence-electron chi connectivity index (χ2n) is 11.2. The van der Waals surface area contributed by atoms with Crippen molar-refractivity contribution in [1.82, 2.24) is 5.32 Å². The molecular weight excluding hydrogens is 656 g/mol. The molecule has 0 aliphatic heterocycles. The van der Waals surface area contributed by atoms with Gasteiger partial charge in [0.15, 0.2) is 0 Å². The van der Waals surface area contributed by atoms with Crippen molar-refractivity contribution in [3.8, 4) is 16.9 Å². The Morgan fingerprint density at radius 2 is 1.37 bits per heavy atom. The lowest BCUT2D eigenvalue weighted by Crippen LogP contribution is -2.42. The molecule has 0 spiro atoms. The van der Waals surface area contributed by atoms with Gasteiger partial charge in [-0.25, -0.2) is 8.78 Å². The molecule has 274 valence electrons. The summed E-state index contributed by atoms with van der Waals surface area (Å²) >= 11 is 0. The van der Waals surface area contributed by atoms with Crippen LogP contribution in [0.15, 0.2) is 109 Å². The van der Waals surface area contributed by atoms with Crippen LogP contribution in [0.5, 0.6) is 5.75 Å². The number of aliphatic hydroxyl groups is 1. The molecule has 0 saturated carbocycles. The molecule has 2 N–H and O–H groups in total. The number of carbonyl (C=O) groups excluding carboxylic acids is 3. The second-order valence-corrected chi connectivity index (χ2v) is 11.2. The zero-order valence-electron chi connectivity index (χ0n) is 29.4. The van der Waals surface area contributed by atoms with Crippen LogP contribution in [0.25, 0.3) is 11.1 Å². The highest BCUT2D eigenvalue weighted by atomic mass is 19.1. The average Bonchev–Trinajstić information content (AvgIpc) is 3.10. The van der Waals surface area contributed by atoms with Gasteiger partial charge in [-0.2, -0.15) is 0 Å². The Balaban J connectivity index is 1.80. The van der Waals surface area contributed by atoms with E-state index in [1.807, 2.05) is 12.2 Å². The molecule has 0 fully saturated rings. The molecule has 51 heavy (non-hydrogen) atoms. The van der Waals surface area contributed by atoms with Crippen molar-refractivity contribution in [1.29, 1.82) is 0 Å². The second kappa shape index (κ2) is 26.0. The smallest absolute Gasteiger partial charge is 0.308 e. The number of allylic oxidation sites excluding steroid dienone is 12. The monoisotopic (exact) mass is 705 g/mol. The van der Waals surface area contributed by atoms with Crippen molar-refractivity contribution >= 4 is 17.8 Å². The van der Waals surface area contributed by atoms with Crippen LogP contribution >= 0.6 is 0 Å². The summed E-state index contributed by atoms with van der Waals surface area (Å²) in [7, 11) is 0. The van der Waals surface area contributed by atoms with Crippen LogP contribution in [-0.4, -0.2) is 49.0 Å². The Morgan fingerprint density at radius 3 is 1.92 bits per heavy atom. The van der Waals surface area contributed by atoms with Crippen LogP contribution in [0.3, 0.4) is 0 Å². The molecule has 1 amide bonds. The minimum atomic E-state index is -0.879. The topological polar surface area (TPSA) is 111 Å². The predicted molar refractivity (Wildman–Crippen MR) is 196 cm³/mol. The van der Waals surface area contributed by atoms with Gasteiger partial charge in [-0.05, 0) is 74.8 Å². The molecule has 1 unspecified atom stereocenters. The number of benzene rings is 2. The van der Waals surface area contributed by atoms with Crippen LogP contribution in [0, 0.1) is 11.6 Å². The van der Waals surface area contributed by atoms with Crippen LogP contribution in [0.2, 0.25) is 0 Å². The molecule has 0 heterocycles. The maximum atomic E-state index is 14.5. The van der Waals surface area contributed by atoms with Gasteiger partial charge in [-0.1, -0.05) is 85.9 Å². The van der Waals surface area contributed by atoms with E-state index >= 15 is 0 Å². The minimum Gasteiger partial charge on any atom is -0.463 e. The van der Waals surface area contributed by atoms with Gasteiger partial charge < -0.3 is 24.6 Å². The lowest BCUT2D eigenvalue weighted by molar-refractivity contribution is -0.145. The maximum Gasteiger partial charge on any atom is 0.308 e. The third-order valence-corrected chi connectivity index (χ3v) is 7.02. The largest absolute Gasteiger partial charge is 0.463 e. The highest BCUT2D eigenvalue weighted by molar-refractivity contribution is 5.99. The summed E-state index contributed by atoms with van der Waals surface area (Å²) in [6.07, 6.45) is 31.3. The summed E-state index contributed by atoms with van der Waals surface area (Å²) in [4.78, 5) is 37.4. The molecule has 0 saturated heterocycles. The summed E-state index contributed by atoms with van der Waals surface area (Å²) in [5.74, 6) is -3.62. The molecule has 0 radical (unpaired) electrons. The molecule has 2 aromatic rings. The van der Waals surface area contributed by atoms with Gasteiger partial charge in [0.1, 0.15) is 30.8 Å². The number of aliphatic hydroxyl groups excluding tert-OH is 1. The first kappa shape index (κ1) is 42.2. The number of hydrogen-bond donors (Lipinski definition) is 2. The molecule has 0 aromatic heterocycles. The van der Waals surface area contributed by atoms with Gasteiger partial charge in [0.2, 0.25) is 0 Å². The fourth-order valence-corrected chi connectivity index (χ4v) is 4.54. The summed E-state index contributed by atoms with van der Waals surface area (Å²) in [5.41, 5.74) is 0.141. The van der Waals surface area contributed by atoms with E-state index in [9.17, 15) is 23.2 Å². The van der Waals surface area contributed by atoms with Crippen molar-refractivity contribution in [3.05, 3.63) is 127 Å². The Labute approximate surface area is 299 Å². The number of ether oxygens (including phenoxy) is 3. The SMILES string of the molecule is CC/C=C\C/C=C\C/C=C\C/C=C\C/C=C\C/C=C\CCC(=O)OCC(COCO)NC(=O)c1cc(-c2ccc(F)cc2F)ccc1OC(C)=O. The van der Waals surface area contributed by atoms with Crippen molar-refractivity contribution in [3.63, 3.8) is 0 Å². The van der Waals surface area contributed by atoms with E-state index in [4.69, 9.17) is 19.3 Å². The zero-order valence-corrected chi connectivity index (χ0v) is 29.4. The molecule has 0 aliphatic carbocycles. The van der Waals surface area contributed by atoms with Gasteiger partial charge in [0.05, 0.1) is 18.2 Å². The number of carbonyl (C=O) groups is 3. The first-order valence-corrected chi connectivity index (χ1v) is 17.1.